The van der Waals surface area contributed by atoms with E-state index >= 15 is 0 Å². The van der Waals surface area contributed by atoms with Gasteiger partial charge in [-0.25, -0.2) is 0 Å². The molecule has 0 aromatic heterocycles. The molecule has 1 fully saturated rings. The van der Waals surface area contributed by atoms with Crippen LogP contribution in [0.2, 0.25) is 0 Å². The Morgan fingerprint density at radius 3 is 2.65 bits per heavy atom. The highest BCUT2D eigenvalue weighted by Gasteiger charge is 2.38. The van der Waals surface area contributed by atoms with Gasteiger partial charge in [-0.2, -0.15) is 0 Å². The summed E-state index contributed by atoms with van der Waals surface area (Å²) in [5.41, 5.74) is 5.25. The van der Waals surface area contributed by atoms with Gasteiger partial charge in [0.1, 0.15) is 6.04 Å². The Morgan fingerprint density at radius 2 is 2.18 bits per heavy atom. The second-order valence-corrected chi connectivity index (χ2v) is 4.73. The second-order valence-electron chi connectivity index (χ2n) is 3.70. The van der Waals surface area contributed by atoms with E-state index in [2.05, 4.69) is 0 Å². The zero-order valence-electron chi connectivity index (χ0n) is 8.94. The van der Waals surface area contributed by atoms with E-state index in [1.807, 2.05) is 0 Å². The van der Waals surface area contributed by atoms with Crippen LogP contribution in [0.25, 0.3) is 0 Å². The summed E-state index contributed by atoms with van der Waals surface area (Å²) in [5, 5.41) is 18.8. The van der Waals surface area contributed by atoms with Crippen LogP contribution in [0.4, 0.5) is 0 Å². The molecule has 1 aliphatic heterocycles. The maximum atomic E-state index is 11.4. The van der Waals surface area contributed by atoms with Crippen LogP contribution in [-0.2, 0) is 9.59 Å². The molecule has 0 aromatic rings. The number of rotatable bonds is 6. The minimum absolute atomic E-state index is 0.103. The van der Waals surface area contributed by atoms with Gasteiger partial charge in [-0.05, 0) is 0 Å². The summed E-state index contributed by atoms with van der Waals surface area (Å²) in [6, 6.07) is -1.65. The summed E-state index contributed by atoms with van der Waals surface area (Å²) in [6.07, 6.45) is 0. The standard InChI is InChI=1S/C8H13N3O5S/c9-6(8(13)14)3-17-4-7(12)10-1-5(2-10)11(15)16/h5-6H,1-4,9H2,(H,13,14)/t6-/m0/s1. The third-order valence-electron chi connectivity index (χ3n) is 2.35. The zero-order valence-corrected chi connectivity index (χ0v) is 9.76. The first-order valence-electron chi connectivity index (χ1n) is 4.89. The zero-order chi connectivity index (χ0) is 13.0. The molecule has 0 radical (unpaired) electrons. The smallest absolute Gasteiger partial charge is 0.321 e. The number of thioether (sulfide) groups is 1. The van der Waals surface area contributed by atoms with Gasteiger partial charge in [0.2, 0.25) is 11.9 Å². The highest BCUT2D eigenvalue weighted by Crippen LogP contribution is 2.13. The minimum Gasteiger partial charge on any atom is -0.480 e. The number of carbonyl (C=O) groups excluding carboxylic acids is 1. The maximum absolute atomic E-state index is 11.4. The van der Waals surface area contributed by atoms with E-state index < -0.39 is 23.0 Å². The van der Waals surface area contributed by atoms with Gasteiger partial charge < -0.3 is 15.7 Å². The van der Waals surface area contributed by atoms with E-state index in [1.165, 1.54) is 4.90 Å². The fourth-order valence-corrected chi connectivity index (χ4v) is 2.10. The molecule has 0 spiro atoms. The summed E-state index contributed by atoms with van der Waals surface area (Å²) in [5.74, 6) is -1.08. The number of nitrogens with two attached hydrogens (primary N) is 1. The average molecular weight is 263 g/mol. The van der Waals surface area contributed by atoms with Crippen LogP contribution in [0, 0.1) is 10.1 Å². The molecule has 9 heteroatoms. The molecule has 96 valence electrons. The van der Waals surface area contributed by atoms with Gasteiger partial charge in [0.05, 0.1) is 18.8 Å². The lowest BCUT2D eigenvalue weighted by atomic mass is 10.1. The number of nitrogens with zero attached hydrogens (tertiary/aromatic N) is 2. The molecule has 0 aliphatic carbocycles. The molecule has 1 aliphatic rings. The second kappa shape index (κ2) is 5.82. The largest absolute Gasteiger partial charge is 0.480 e. The van der Waals surface area contributed by atoms with Crippen molar-refractivity contribution < 1.29 is 19.6 Å². The Hall–Kier alpha value is -1.35. The summed E-state index contributed by atoms with van der Waals surface area (Å²) in [4.78, 5) is 33.1. The first-order chi connectivity index (χ1) is 7.91. The van der Waals surface area contributed by atoms with Crippen molar-refractivity contribution in [1.82, 2.24) is 4.90 Å². The number of hydrogen-bond donors (Lipinski definition) is 2. The van der Waals surface area contributed by atoms with Crippen molar-refractivity contribution in [1.29, 1.82) is 0 Å². The topological polar surface area (TPSA) is 127 Å². The van der Waals surface area contributed by atoms with Gasteiger partial charge in [-0.15, -0.1) is 11.8 Å². The van der Waals surface area contributed by atoms with Crippen molar-refractivity contribution in [3.8, 4) is 0 Å². The fraction of sp³-hybridized carbons (Fsp3) is 0.750. The van der Waals surface area contributed by atoms with Gasteiger partial charge in [-0.3, -0.25) is 19.7 Å². The van der Waals surface area contributed by atoms with Gasteiger partial charge in [0.15, 0.2) is 0 Å². The van der Waals surface area contributed by atoms with Crippen molar-refractivity contribution in [3.63, 3.8) is 0 Å². The summed E-state index contributed by atoms with van der Waals surface area (Å²) in [7, 11) is 0. The maximum Gasteiger partial charge on any atom is 0.321 e. The molecule has 17 heavy (non-hydrogen) atoms. The predicted octanol–water partition coefficient (Wildman–Crippen LogP) is -1.38. The number of carboxylic acids is 1. The van der Waals surface area contributed by atoms with Gasteiger partial charge in [0, 0.05) is 10.7 Å². The van der Waals surface area contributed by atoms with Crippen LogP contribution in [0.5, 0.6) is 0 Å². The number of aliphatic carboxylic acids is 1. The molecular weight excluding hydrogens is 250 g/mol. The Morgan fingerprint density at radius 1 is 1.59 bits per heavy atom. The Labute approximate surface area is 101 Å². The summed E-state index contributed by atoms with van der Waals surface area (Å²) in [6.45, 7) is 0.273. The molecule has 1 rings (SSSR count). The van der Waals surface area contributed by atoms with Crippen LogP contribution in [-0.4, -0.2) is 63.5 Å². The Balaban J connectivity index is 2.15. The Bertz CT molecular complexity index is 331. The molecular formula is C8H13N3O5S. The highest BCUT2D eigenvalue weighted by atomic mass is 32.2. The fourth-order valence-electron chi connectivity index (χ4n) is 1.23. The number of hydrogen-bond acceptors (Lipinski definition) is 6. The SMILES string of the molecule is N[C@@H](CSCC(=O)N1CC([N+](=O)[O-])C1)C(=O)O. The van der Waals surface area contributed by atoms with E-state index in [0.29, 0.717) is 0 Å². The predicted molar refractivity (Wildman–Crippen MR) is 60.3 cm³/mol. The lowest BCUT2D eigenvalue weighted by Gasteiger charge is -2.33. The van der Waals surface area contributed by atoms with E-state index in [9.17, 15) is 19.7 Å². The average Bonchev–Trinajstić information content (AvgIpc) is 2.14. The van der Waals surface area contributed by atoms with Gasteiger partial charge >= 0.3 is 5.97 Å². The summed E-state index contributed by atoms with van der Waals surface area (Å²) >= 11 is 1.12. The Kier molecular flexibility index (Phi) is 4.70. The molecule has 1 amide bonds. The molecule has 1 heterocycles. The quantitative estimate of drug-likeness (QED) is 0.446. The molecule has 0 saturated carbocycles. The monoisotopic (exact) mass is 263 g/mol. The third-order valence-corrected chi connectivity index (χ3v) is 3.40. The number of amides is 1. The number of nitro groups is 1. The first-order valence-corrected chi connectivity index (χ1v) is 6.04. The van der Waals surface area contributed by atoms with Crippen molar-refractivity contribution >= 4 is 23.6 Å². The molecule has 8 nitrogen and oxygen atoms in total. The molecule has 3 N–H and O–H groups in total. The third kappa shape index (κ3) is 3.86. The van der Waals surface area contributed by atoms with Crippen molar-refractivity contribution in [2.75, 3.05) is 24.6 Å². The van der Waals surface area contributed by atoms with E-state index in [-0.39, 0.29) is 30.5 Å². The van der Waals surface area contributed by atoms with Crippen molar-refractivity contribution in [2.24, 2.45) is 5.73 Å². The molecule has 1 atom stereocenters. The van der Waals surface area contributed by atoms with E-state index in [1.54, 1.807) is 0 Å². The highest BCUT2D eigenvalue weighted by molar-refractivity contribution is 8.00. The minimum atomic E-state index is -1.11. The number of carboxylic acid groups (broad SMARTS) is 1. The van der Waals surface area contributed by atoms with Crippen molar-refractivity contribution in [3.05, 3.63) is 10.1 Å². The summed E-state index contributed by atoms with van der Waals surface area (Å²) < 4.78 is 0. The molecule has 0 unspecified atom stereocenters. The first kappa shape index (κ1) is 13.7. The molecule has 0 aromatic carbocycles. The van der Waals surface area contributed by atoms with Crippen LogP contribution in [0.15, 0.2) is 0 Å². The lowest BCUT2D eigenvalue weighted by Crippen LogP contribution is -2.57. The van der Waals surface area contributed by atoms with Gasteiger partial charge in [0.25, 0.3) is 0 Å². The van der Waals surface area contributed by atoms with Crippen molar-refractivity contribution in [2.45, 2.75) is 12.1 Å². The van der Waals surface area contributed by atoms with Crippen LogP contribution in [0.3, 0.4) is 0 Å². The lowest BCUT2D eigenvalue weighted by molar-refractivity contribution is -0.536. The van der Waals surface area contributed by atoms with E-state index in [4.69, 9.17) is 10.8 Å². The molecule has 0 bridgehead atoms. The van der Waals surface area contributed by atoms with Crippen LogP contribution < -0.4 is 5.73 Å². The van der Waals surface area contributed by atoms with E-state index in [0.717, 1.165) is 11.8 Å². The van der Waals surface area contributed by atoms with Crippen LogP contribution >= 0.6 is 11.8 Å². The normalized spacial score (nSPS) is 17.4. The number of carbonyl (C=O) groups is 2. The van der Waals surface area contributed by atoms with Gasteiger partial charge in [-0.1, -0.05) is 0 Å². The molecule has 1 saturated heterocycles. The number of likely N-dealkylation sites (tertiary alicyclic amines) is 1. The van der Waals surface area contributed by atoms with Crippen LogP contribution in [0.1, 0.15) is 0 Å².